The molecule has 8 rings (SSSR count). The molecule has 58 heavy (non-hydrogen) atoms. The van der Waals surface area contributed by atoms with E-state index in [0.717, 1.165) is 75.9 Å². The molecule has 5 aliphatic carbocycles. The molecule has 1 aromatic rings. The van der Waals surface area contributed by atoms with Crippen molar-refractivity contribution in [3.8, 4) is 5.75 Å². The van der Waals surface area contributed by atoms with Crippen molar-refractivity contribution in [3.63, 3.8) is 0 Å². The fraction of sp³-hybridized carbons (Fsp3) is 0.787. The number of methoxy groups -OCH3 is 1. The zero-order valence-corrected chi connectivity index (χ0v) is 36.2. The minimum Gasteiger partial charge on any atom is -0.495 e. The Kier molecular flexibility index (Phi) is 10.6. The number of carbonyl (C=O) groups is 2. The van der Waals surface area contributed by atoms with E-state index in [1.54, 1.807) is 7.11 Å². The van der Waals surface area contributed by atoms with Gasteiger partial charge < -0.3 is 44.4 Å². The number of nitrogens with zero attached hydrogens (tertiary/aromatic N) is 2. The third kappa shape index (κ3) is 6.17. The van der Waals surface area contributed by atoms with E-state index >= 15 is 4.79 Å². The van der Waals surface area contributed by atoms with Crippen molar-refractivity contribution in [1.82, 2.24) is 4.90 Å². The second-order valence-corrected chi connectivity index (χ2v) is 21.4. The summed E-state index contributed by atoms with van der Waals surface area (Å²) in [4.78, 5) is 34.4. The molecular weight excluding hydrogens is 737 g/mol. The standard InChI is InChI=1S/C47H70N2O9/c1-42(2)15-14-35(58-40-38(54)37(53)36(52)33(27-50)57-40)47(7)34(42)13-16-46(6)39(47)31(51)25-28-29-26-44(4,18-17-43(29,3)19-20-45(28,46)5)41(55)49-23-21-48(22-24-49)30-11-9-10-12-32(30)56-8/h9-12,25,29,33-40,50,52-54H,13-24,26-27H2,1-8H3/t29-,33+,34?,35?,36+,37+,38+,39?,40-,43+,44?,45+,46+,47+/m0/s1. The average molecular weight is 807 g/mol. The maximum Gasteiger partial charge on any atom is 0.228 e. The molecular formula is C47H70N2O9. The van der Waals surface area contributed by atoms with E-state index in [4.69, 9.17) is 14.2 Å². The minimum atomic E-state index is -1.54. The Morgan fingerprint density at radius 1 is 0.862 bits per heavy atom. The lowest BCUT2D eigenvalue weighted by Crippen LogP contribution is -2.69. The number of para-hydroxylation sites is 2. The van der Waals surface area contributed by atoms with Gasteiger partial charge in [0.1, 0.15) is 30.2 Å². The van der Waals surface area contributed by atoms with Gasteiger partial charge in [-0.25, -0.2) is 0 Å². The van der Waals surface area contributed by atoms with Crippen LogP contribution in [0.15, 0.2) is 35.9 Å². The summed E-state index contributed by atoms with van der Waals surface area (Å²) in [7, 11) is 1.70. The molecule has 0 spiro atoms. The average Bonchev–Trinajstić information content (AvgIpc) is 3.20. The van der Waals surface area contributed by atoms with E-state index in [2.05, 4.69) is 64.3 Å². The smallest absolute Gasteiger partial charge is 0.228 e. The van der Waals surface area contributed by atoms with Crippen molar-refractivity contribution < 1.29 is 44.2 Å². The van der Waals surface area contributed by atoms with Crippen LogP contribution in [-0.4, -0.2) is 114 Å². The van der Waals surface area contributed by atoms with Crippen LogP contribution in [0.1, 0.15) is 106 Å². The van der Waals surface area contributed by atoms with Gasteiger partial charge in [-0.2, -0.15) is 0 Å². The van der Waals surface area contributed by atoms with Crippen LogP contribution in [0.3, 0.4) is 0 Å². The highest BCUT2D eigenvalue weighted by Crippen LogP contribution is 2.75. The van der Waals surface area contributed by atoms with Crippen LogP contribution < -0.4 is 9.64 Å². The number of fused-ring (bicyclic) bond motifs is 7. The number of rotatable bonds is 6. The number of hydrogen-bond donors (Lipinski definition) is 4. The van der Waals surface area contributed by atoms with Gasteiger partial charge in [0.05, 0.1) is 25.5 Å². The molecule has 11 nitrogen and oxygen atoms in total. The summed E-state index contributed by atoms with van der Waals surface area (Å²) in [5, 5.41) is 42.2. The molecule has 322 valence electrons. The first-order valence-electron chi connectivity index (χ1n) is 22.2. The van der Waals surface area contributed by atoms with Gasteiger partial charge in [-0.05, 0) is 109 Å². The fourth-order valence-electron chi connectivity index (χ4n) is 14.3. The van der Waals surface area contributed by atoms with Crippen molar-refractivity contribution >= 4 is 17.4 Å². The molecule has 0 radical (unpaired) electrons. The number of ether oxygens (including phenoxy) is 3. The molecule has 4 unspecified atom stereocenters. The van der Waals surface area contributed by atoms with Crippen LogP contribution >= 0.6 is 0 Å². The van der Waals surface area contributed by atoms with Gasteiger partial charge in [0, 0.05) is 42.9 Å². The summed E-state index contributed by atoms with van der Waals surface area (Å²) in [6.45, 7) is 18.5. The highest BCUT2D eigenvalue weighted by molar-refractivity contribution is 5.96. The topological polar surface area (TPSA) is 149 Å². The van der Waals surface area contributed by atoms with Crippen LogP contribution in [0, 0.1) is 50.2 Å². The molecule has 1 aromatic carbocycles. The first-order valence-corrected chi connectivity index (χ1v) is 22.2. The number of carbonyl (C=O) groups excluding carboxylic acids is 2. The van der Waals surface area contributed by atoms with E-state index in [0.29, 0.717) is 19.5 Å². The number of benzene rings is 1. The number of ketones is 1. The molecule has 6 fully saturated rings. The summed E-state index contributed by atoms with van der Waals surface area (Å²) in [6, 6.07) is 8.07. The molecule has 2 heterocycles. The highest BCUT2D eigenvalue weighted by Gasteiger charge is 2.72. The van der Waals surface area contributed by atoms with Gasteiger partial charge in [-0.15, -0.1) is 0 Å². The largest absolute Gasteiger partial charge is 0.495 e. The Morgan fingerprint density at radius 2 is 1.55 bits per heavy atom. The number of anilines is 1. The Morgan fingerprint density at radius 3 is 2.24 bits per heavy atom. The normalized spacial score (nSPS) is 46.2. The summed E-state index contributed by atoms with van der Waals surface area (Å²) in [6.07, 6.45) is 2.61. The van der Waals surface area contributed by atoms with E-state index in [1.165, 1.54) is 5.57 Å². The molecule has 1 amide bonds. The summed E-state index contributed by atoms with van der Waals surface area (Å²) in [5.41, 5.74) is 0.417. The van der Waals surface area contributed by atoms with E-state index in [-0.39, 0.29) is 45.7 Å². The molecule has 14 atom stereocenters. The number of piperazine rings is 1. The Labute approximate surface area is 345 Å². The molecule has 2 saturated heterocycles. The van der Waals surface area contributed by atoms with Crippen LogP contribution in [0.25, 0.3) is 0 Å². The quantitative estimate of drug-likeness (QED) is 0.290. The molecule has 0 aromatic heterocycles. The van der Waals surface area contributed by atoms with Gasteiger partial charge in [-0.1, -0.05) is 66.2 Å². The Hall–Kier alpha value is -2.54. The zero-order chi connectivity index (χ0) is 41.8. The monoisotopic (exact) mass is 807 g/mol. The van der Waals surface area contributed by atoms with E-state index in [1.807, 2.05) is 24.3 Å². The first kappa shape index (κ1) is 42.2. The molecule has 11 heteroatoms. The Bertz CT molecular complexity index is 1790. The minimum absolute atomic E-state index is 0.000141. The maximum absolute atomic E-state index is 15.3. The van der Waals surface area contributed by atoms with Gasteiger partial charge >= 0.3 is 0 Å². The van der Waals surface area contributed by atoms with Gasteiger partial charge in [-0.3, -0.25) is 9.59 Å². The molecule has 4 saturated carbocycles. The molecule has 0 bridgehead atoms. The third-order valence-corrected chi connectivity index (χ3v) is 18.1. The van der Waals surface area contributed by atoms with Crippen LogP contribution in [0.5, 0.6) is 5.75 Å². The summed E-state index contributed by atoms with van der Waals surface area (Å²) < 4.78 is 18.3. The molecule has 4 N–H and O–H groups in total. The SMILES string of the molecule is COc1ccccc1N1CCN(C(=O)C2(C)CC[C@]3(C)CC[C@]4(C)C(=CC(=O)C5[C@@]6(C)C(O[C@@H]7O[C@H](CO)[C@@H](O)[C@@H](O)[C@H]7O)CCC(C)(C)C6CC[C@]54C)[C@@H]3C2)CC1. The lowest BCUT2D eigenvalue weighted by Gasteiger charge is -2.71. The van der Waals surface area contributed by atoms with Gasteiger partial charge in [0.15, 0.2) is 12.1 Å². The lowest BCUT2D eigenvalue weighted by molar-refractivity contribution is -0.335. The van der Waals surface area contributed by atoms with Gasteiger partial charge in [0.25, 0.3) is 0 Å². The number of aliphatic hydroxyl groups excluding tert-OH is 4. The van der Waals surface area contributed by atoms with Crippen molar-refractivity contribution in [3.05, 3.63) is 35.9 Å². The predicted molar refractivity (Wildman–Crippen MR) is 220 cm³/mol. The predicted octanol–water partition coefficient (Wildman–Crippen LogP) is 5.51. The van der Waals surface area contributed by atoms with Crippen molar-refractivity contribution in [1.29, 1.82) is 0 Å². The lowest BCUT2D eigenvalue weighted by atomic mass is 9.33. The molecule has 2 aliphatic heterocycles. The second-order valence-electron chi connectivity index (χ2n) is 21.4. The Balaban J connectivity index is 1.09. The fourth-order valence-corrected chi connectivity index (χ4v) is 14.3. The van der Waals surface area contributed by atoms with Crippen molar-refractivity contribution in [2.24, 2.45) is 50.2 Å². The molecule has 7 aliphatic rings. The van der Waals surface area contributed by atoms with Crippen LogP contribution in [-0.2, 0) is 19.1 Å². The number of aliphatic hydroxyl groups is 4. The summed E-state index contributed by atoms with van der Waals surface area (Å²) >= 11 is 0. The maximum atomic E-state index is 15.3. The third-order valence-electron chi connectivity index (χ3n) is 18.1. The number of allylic oxidation sites excluding steroid dienone is 2. The van der Waals surface area contributed by atoms with Crippen molar-refractivity contribution in [2.75, 3.05) is 44.8 Å². The zero-order valence-electron chi connectivity index (χ0n) is 36.2. The van der Waals surface area contributed by atoms with Crippen LogP contribution in [0.2, 0.25) is 0 Å². The first-order chi connectivity index (χ1) is 27.3. The van der Waals surface area contributed by atoms with Crippen molar-refractivity contribution in [2.45, 2.75) is 143 Å². The van der Waals surface area contributed by atoms with Gasteiger partial charge in [0.2, 0.25) is 5.91 Å². The number of hydrogen-bond acceptors (Lipinski definition) is 10. The summed E-state index contributed by atoms with van der Waals surface area (Å²) in [5.74, 6) is 1.12. The van der Waals surface area contributed by atoms with E-state index < -0.39 is 59.7 Å². The second kappa shape index (κ2) is 14.5. The van der Waals surface area contributed by atoms with E-state index in [9.17, 15) is 25.2 Å². The number of amides is 1. The van der Waals surface area contributed by atoms with Crippen LogP contribution in [0.4, 0.5) is 5.69 Å². The highest BCUT2D eigenvalue weighted by atomic mass is 16.7.